The zero-order valence-corrected chi connectivity index (χ0v) is 10.5. The highest BCUT2D eigenvalue weighted by atomic mass is 16.5. The second-order valence-corrected chi connectivity index (χ2v) is 4.11. The average molecular weight is 226 g/mol. The number of aromatic nitrogens is 2. The quantitative estimate of drug-likeness (QED) is 0.723. The molecule has 4 heteroatoms. The maximum atomic E-state index is 8.63. The molecule has 1 rings (SSSR count). The van der Waals surface area contributed by atoms with Gasteiger partial charge in [-0.3, -0.25) is 4.68 Å². The Morgan fingerprint density at radius 2 is 1.88 bits per heavy atom. The molecule has 0 spiro atoms. The van der Waals surface area contributed by atoms with Gasteiger partial charge in [-0.15, -0.1) is 0 Å². The van der Waals surface area contributed by atoms with Crippen LogP contribution in [-0.4, -0.2) is 28.1 Å². The standard InChI is InChI=1S/C12H22N2O2/c1-10-12(11(2)14(3)13-10)16-9-7-5-4-6-8-15/h15H,4-9H2,1-3H3. The SMILES string of the molecule is Cc1nn(C)c(C)c1OCCCCCCO. The van der Waals surface area contributed by atoms with Gasteiger partial charge in [0.2, 0.25) is 0 Å². The van der Waals surface area contributed by atoms with E-state index in [-0.39, 0.29) is 0 Å². The molecule has 0 bridgehead atoms. The van der Waals surface area contributed by atoms with Crippen molar-refractivity contribution < 1.29 is 9.84 Å². The number of unbranched alkanes of at least 4 members (excludes halogenated alkanes) is 3. The van der Waals surface area contributed by atoms with Gasteiger partial charge in [0.25, 0.3) is 0 Å². The lowest BCUT2D eigenvalue weighted by molar-refractivity contribution is 0.272. The summed E-state index contributed by atoms with van der Waals surface area (Å²) in [6, 6.07) is 0. The van der Waals surface area contributed by atoms with E-state index >= 15 is 0 Å². The van der Waals surface area contributed by atoms with Gasteiger partial charge in [0, 0.05) is 13.7 Å². The fourth-order valence-corrected chi connectivity index (χ4v) is 1.70. The molecule has 16 heavy (non-hydrogen) atoms. The van der Waals surface area contributed by atoms with Crippen molar-refractivity contribution in [2.45, 2.75) is 39.5 Å². The van der Waals surface area contributed by atoms with E-state index in [9.17, 15) is 0 Å². The minimum absolute atomic E-state index is 0.293. The lowest BCUT2D eigenvalue weighted by Crippen LogP contribution is -2.00. The molecular weight excluding hydrogens is 204 g/mol. The average Bonchev–Trinajstić information content (AvgIpc) is 2.49. The van der Waals surface area contributed by atoms with Crippen molar-refractivity contribution in [3.63, 3.8) is 0 Å². The molecule has 0 atom stereocenters. The molecule has 0 unspecified atom stereocenters. The molecule has 0 radical (unpaired) electrons. The van der Waals surface area contributed by atoms with E-state index in [4.69, 9.17) is 9.84 Å². The highest BCUT2D eigenvalue weighted by molar-refractivity contribution is 5.31. The van der Waals surface area contributed by atoms with Crippen LogP contribution in [0.15, 0.2) is 0 Å². The number of aryl methyl sites for hydroxylation is 2. The van der Waals surface area contributed by atoms with Crippen molar-refractivity contribution in [1.29, 1.82) is 0 Å². The first-order valence-corrected chi connectivity index (χ1v) is 5.90. The van der Waals surface area contributed by atoms with Crippen LogP contribution in [0.5, 0.6) is 5.75 Å². The van der Waals surface area contributed by atoms with Crippen molar-refractivity contribution in [2.24, 2.45) is 7.05 Å². The highest BCUT2D eigenvalue weighted by Crippen LogP contribution is 2.21. The molecule has 0 saturated carbocycles. The molecule has 0 aliphatic heterocycles. The predicted octanol–water partition coefficient (Wildman–Crippen LogP) is 1.97. The van der Waals surface area contributed by atoms with Gasteiger partial charge in [0.1, 0.15) is 5.69 Å². The van der Waals surface area contributed by atoms with Gasteiger partial charge in [-0.05, 0) is 33.1 Å². The maximum Gasteiger partial charge on any atom is 0.162 e. The van der Waals surface area contributed by atoms with Gasteiger partial charge < -0.3 is 9.84 Å². The Labute approximate surface area is 97.2 Å². The largest absolute Gasteiger partial charge is 0.490 e. The number of hydrogen-bond donors (Lipinski definition) is 1. The van der Waals surface area contributed by atoms with Crippen LogP contribution in [0.3, 0.4) is 0 Å². The Morgan fingerprint density at radius 1 is 1.19 bits per heavy atom. The summed E-state index contributed by atoms with van der Waals surface area (Å²) < 4.78 is 7.57. The number of hydrogen-bond acceptors (Lipinski definition) is 3. The molecule has 1 aromatic rings. The summed E-state index contributed by atoms with van der Waals surface area (Å²) in [6.07, 6.45) is 4.11. The molecular formula is C12H22N2O2. The lowest BCUT2D eigenvalue weighted by Gasteiger charge is -2.06. The number of aliphatic hydroxyl groups excluding tert-OH is 1. The first-order chi connectivity index (χ1) is 7.66. The zero-order valence-electron chi connectivity index (χ0n) is 10.5. The summed E-state index contributed by atoms with van der Waals surface area (Å²) in [5.41, 5.74) is 2.03. The summed E-state index contributed by atoms with van der Waals surface area (Å²) in [7, 11) is 1.93. The molecule has 1 N–H and O–H groups in total. The van der Waals surface area contributed by atoms with Crippen LogP contribution in [-0.2, 0) is 7.05 Å². The Kier molecular flexibility index (Phi) is 5.32. The van der Waals surface area contributed by atoms with E-state index in [1.807, 2.05) is 25.6 Å². The second kappa shape index (κ2) is 6.53. The van der Waals surface area contributed by atoms with Crippen LogP contribution in [0.2, 0.25) is 0 Å². The minimum Gasteiger partial charge on any atom is -0.490 e. The third kappa shape index (κ3) is 3.52. The molecule has 92 valence electrons. The first kappa shape index (κ1) is 13.0. The van der Waals surface area contributed by atoms with Crippen molar-refractivity contribution in [1.82, 2.24) is 9.78 Å². The van der Waals surface area contributed by atoms with Gasteiger partial charge in [0.05, 0.1) is 12.3 Å². The van der Waals surface area contributed by atoms with Gasteiger partial charge in [-0.1, -0.05) is 6.42 Å². The lowest BCUT2D eigenvalue weighted by atomic mass is 10.2. The second-order valence-electron chi connectivity index (χ2n) is 4.11. The molecule has 1 aromatic heterocycles. The van der Waals surface area contributed by atoms with Crippen LogP contribution in [0.1, 0.15) is 37.1 Å². The van der Waals surface area contributed by atoms with Gasteiger partial charge in [-0.25, -0.2) is 0 Å². The number of aliphatic hydroxyl groups is 1. The van der Waals surface area contributed by atoms with Crippen LogP contribution >= 0.6 is 0 Å². The topological polar surface area (TPSA) is 47.3 Å². The smallest absolute Gasteiger partial charge is 0.162 e. The molecule has 0 fully saturated rings. The third-order valence-electron chi connectivity index (χ3n) is 2.74. The van der Waals surface area contributed by atoms with Crippen LogP contribution in [0.4, 0.5) is 0 Å². The van der Waals surface area contributed by atoms with E-state index in [0.29, 0.717) is 6.61 Å². The van der Waals surface area contributed by atoms with Crippen LogP contribution < -0.4 is 4.74 Å². The molecule has 0 aromatic carbocycles. The Morgan fingerprint density at radius 3 is 2.44 bits per heavy atom. The summed E-state index contributed by atoms with van der Waals surface area (Å²) in [5.74, 6) is 0.921. The Balaban J connectivity index is 2.26. The number of rotatable bonds is 7. The van der Waals surface area contributed by atoms with Crippen molar-refractivity contribution in [3.8, 4) is 5.75 Å². The number of nitrogens with zero attached hydrogens (tertiary/aromatic N) is 2. The minimum atomic E-state index is 0.293. The third-order valence-corrected chi connectivity index (χ3v) is 2.74. The number of ether oxygens (including phenoxy) is 1. The van der Waals surface area contributed by atoms with E-state index < -0.39 is 0 Å². The summed E-state index contributed by atoms with van der Waals surface area (Å²) in [4.78, 5) is 0. The van der Waals surface area contributed by atoms with E-state index in [2.05, 4.69) is 5.10 Å². The van der Waals surface area contributed by atoms with Gasteiger partial charge >= 0.3 is 0 Å². The van der Waals surface area contributed by atoms with E-state index in [1.54, 1.807) is 0 Å². The van der Waals surface area contributed by atoms with E-state index in [1.165, 1.54) is 0 Å². The van der Waals surface area contributed by atoms with Crippen LogP contribution in [0, 0.1) is 13.8 Å². The highest BCUT2D eigenvalue weighted by Gasteiger charge is 2.09. The molecule has 0 amide bonds. The van der Waals surface area contributed by atoms with E-state index in [0.717, 1.165) is 49.4 Å². The maximum absolute atomic E-state index is 8.63. The predicted molar refractivity (Wildman–Crippen MR) is 63.7 cm³/mol. The molecule has 0 saturated heterocycles. The Hall–Kier alpha value is -1.03. The molecule has 0 aliphatic rings. The fraction of sp³-hybridized carbons (Fsp3) is 0.750. The van der Waals surface area contributed by atoms with Crippen molar-refractivity contribution in [2.75, 3.05) is 13.2 Å². The van der Waals surface area contributed by atoms with Gasteiger partial charge in [-0.2, -0.15) is 5.10 Å². The first-order valence-electron chi connectivity index (χ1n) is 5.90. The molecule has 0 aliphatic carbocycles. The van der Waals surface area contributed by atoms with Crippen LogP contribution in [0.25, 0.3) is 0 Å². The molecule has 1 heterocycles. The molecule has 4 nitrogen and oxygen atoms in total. The van der Waals surface area contributed by atoms with Crippen molar-refractivity contribution >= 4 is 0 Å². The summed E-state index contributed by atoms with van der Waals surface area (Å²) >= 11 is 0. The summed E-state index contributed by atoms with van der Waals surface area (Å²) in [6.45, 7) is 5.01. The fourth-order valence-electron chi connectivity index (χ4n) is 1.70. The zero-order chi connectivity index (χ0) is 12.0. The Bertz CT molecular complexity index is 321. The monoisotopic (exact) mass is 226 g/mol. The normalized spacial score (nSPS) is 10.8. The summed E-state index contributed by atoms with van der Waals surface area (Å²) in [5, 5.41) is 12.9. The van der Waals surface area contributed by atoms with Crippen molar-refractivity contribution in [3.05, 3.63) is 11.4 Å². The van der Waals surface area contributed by atoms with Gasteiger partial charge in [0.15, 0.2) is 5.75 Å².